The molecule has 2 heterocycles. The fourth-order valence-electron chi connectivity index (χ4n) is 4.41. The van der Waals surface area contributed by atoms with Crippen molar-refractivity contribution in [1.29, 1.82) is 0 Å². The Labute approximate surface area is 164 Å². The predicted octanol–water partition coefficient (Wildman–Crippen LogP) is 3.95. The second-order valence-electron chi connectivity index (χ2n) is 9.54. The van der Waals surface area contributed by atoms with Gasteiger partial charge in [-0.1, -0.05) is 32.9 Å². The zero-order valence-electron chi connectivity index (χ0n) is 17.7. The van der Waals surface area contributed by atoms with Gasteiger partial charge < -0.3 is 9.64 Å². The van der Waals surface area contributed by atoms with Gasteiger partial charge in [-0.25, -0.2) is 0 Å². The molecule has 1 aromatic rings. The van der Waals surface area contributed by atoms with E-state index in [0.717, 1.165) is 51.1 Å². The van der Waals surface area contributed by atoms with E-state index >= 15 is 0 Å². The standard InChI is InChI=1S/C23H36N2O2/c1-17-14-24(15-18(2)27-17)16-19-10-12-25(13-11-19)22(26)20-6-8-21(9-7-20)23(3,4)5/h6-9,17-19H,10-16H2,1-5H3. The van der Waals surface area contributed by atoms with Crippen LogP contribution in [0.2, 0.25) is 0 Å². The molecule has 4 heteroatoms. The molecule has 0 spiro atoms. The van der Waals surface area contributed by atoms with Crippen molar-refractivity contribution in [2.24, 2.45) is 5.92 Å². The Kier molecular flexibility index (Phi) is 6.27. The average Bonchev–Trinajstić information content (AvgIpc) is 2.60. The van der Waals surface area contributed by atoms with Crippen molar-refractivity contribution in [2.45, 2.75) is 65.1 Å². The summed E-state index contributed by atoms with van der Waals surface area (Å²) in [5.74, 6) is 0.873. The van der Waals surface area contributed by atoms with Crippen LogP contribution in [0.15, 0.2) is 24.3 Å². The lowest BCUT2D eigenvalue weighted by atomic mass is 9.86. The summed E-state index contributed by atoms with van der Waals surface area (Å²) >= 11 is 0. The minimum absolute atomic E-state index is 0.119. The van der Waals surface area contributed by atoms with Gasteiger partial charge in [0.15, 0.2) is 0 Å². The lowest BCUT2D eigenvalue weighted by Gasteiger charge is -2.39. The highest BCUT2D eigenvalue weighted by atomic mass is 16.5. The largest absolute Gasteiger partial charge is 0.373 e. The molecule has 0 aliphatic carbocycles. The van der Waals surface area contributed by atoms with Crippen LogP contribution in [0.25, 0.3) is 0 Å². The van der Waals surface area contributed by atoms with E-state index in [9.17, 15) is 4.79 Å². The quantitative estimate of drug-likeness (QED) is 0.805. The summed E-state index contributed by atoms with van der Waals surface area (Å²) in [7, 11) is 0. The summed E-state index contributed by atoms with van der Waals surface area (Å²) in [6, 6.07) is 8.18. The van der Waals surface area contributed by atoms with Gasteiger partial charge in [-0.3, -0.25) is 9.69 Å². The number of carbonyl (C=O) groups is 1. The topological polar surface area (TPSA) is 32.8 Å². The maximum Gasteiger partial charge on any atom is 0.253 e. The van der Waals surface area contributed by atoms with Gasteiger partial charge in [0, 0.05) is 38.3 Å². The number of hydrogen-bond acceptors (Lipinski definition) is 3. The van der Waals surface area contributed by atoms with E-state index in [2.05, 4.69) is 51.7 Å². The van der Waals surface area contributed by atoms with Gasteiger partial charge in [0.1, 0.15) is 0 Å². The van der Waals surface area contributed by atoms with E-state index in [1.54, 1.807) is 0 Å². The molecule has 0 aromatic heterocycles. The molecule has 2 unspecified atom stereocenters. The minimum Gasteiger partial charge on any atom is -0.373 e. The fourth-order valence-corrected chi connectivity index (χ4v) is 4.41. The first-order chi connectivity index (χ1) is 12.7. The van der Waals surface area contributed by atoms with Crippen LogP contribution in [0.5, 0.6) is 0 Å². The van der Waals surface area contributed by atoms with Crippen molar-refractivity contribution in [1.82, 2.24) is 9.80 Å². The van der Waals surface area contributed by atoms with Gasteiger partial charge in [-0.15, -0.1) is 0 Å². The molecule has 0 N–H and O–H groups in total. The molecule has 0 radical (unpaired) electrons. The summed E-state index contributed by atoms with van der Waals surface area (Å²) in [5, 5.41) is 0. The molecule has 2 aliphatic heterocycles. The lowest BCUT2D eigenvalue weighted by molar-refractivity contribution is -0.0728. The first kappa shape index (κ1) is 20.3. The Morgan fingerprint density at radius 3 is 2.11 bits per heavy atom. The first-order valence-corrected chi connectivity index (χ1v) is 10.5. The summed E-state index contributed by atoms with van der Waals surface area (Å²) in [5.41, 5.74) is 2.21. The number of rotatable bonds is 3. The van der Waals surface area contributed by atoms with Gasteiger partial charge in [-0.05, 0) is 55.7 Å². The third-order valence-electron chi connectivity index (χ3n) is 5.91. The molecule has 4 nitrogen and oxygen atoms in total. The predicted molar refractivity (Wildman–Crippen MR) is 110 cm³/mol. The van der Waals surface area contributed by atoms with Crippen LogP contribution in [0, 0.1) is 5.92 Å². The van der Waals surface area contributed by atoms with Crippen LogP contribution in [0.3, 0.4) is 0 Å². The molecule has 2 saturated heterocycles. The SMILES string of the molecule is CC1CN(CC2CCN(C(=O)c3ccc(C(C)(C)C)cc3)CC2)CC(C)O1. The maximum atomic E-state index is 12.8. The molecular weight excluding hydrogens is 336 g/mol. The smallest absolute Gasteiger partial charge is 0.253 e. The highest BCUT2D eigenvalue weighted by molar-refractivity contribution is 5.94. The van der Waals surface area contributed by atoms with Gasteiger partial charge in [-0.2, -0.15) is 0 Å². The average molecular weight is 373 g/mol. The molecule has 3 rings (SSSR count). The summed E-state index contributed by atoms with van der Waals surface area (Å²) < 4.78 is 5.84. The van der Waals surface area contributed by atoms with Crippen LogP contribution < -0.4 is 0 Å². The van der Waals surface area contributed by atoms with Crippen molar-refractivity contribution < 1.29 is 9.53 Å². The van der Waals surface area contributed by atoms with Crippen LogP contribution in [-0.2, 0) is 10.2 Å². The van der Waals surface area contributed by atoms with E-state index in [-0.39, 0.29) is 11.3 Å². The van der Waals surface area contributed by atoms with Crippen molar-refractivity contribution in [3.63, 3.8) is 0 Å². The number of likely N-dealkylation sites (tertiary alicyclic amines) is 1. The molecular formula is C23H36N2O2. The van der Waals surface area contributed by atoms with Crippen LogP contribution in [0.4, 0.5) is 0 Å². The van der Waals surface area contributed by atoms with Gasteiger partial charge in [0.2, 0.25) is 0 Å². The van der Waals surface area contributed by atoms with Crippen molar-refractivity contribution in [3.05, 3.63) is 35.4 Å². The molecule has 150 valence electrons. The highest BCUT2D eigenvalue weighted by Gasteiger charge is 2.28. The number of carbonyl (C=O) groups excluding carboxylic acids is 1. The Morgan fingerprint density at radius 1 is 1.04 bits per heavy atom. The highest BCUT2D eigenvalue weighted by Crippen LogP contribution is 2.24. The van der Waals surface area contributed by atoms with Crippen molar-refractivity contribution >= 4 is 5.91 Å². The van der Waals surface area contributed by atoms with Crippen LogP contribution in [-0.4, -0.2) is 60.6 Å². The molecule has 0 saturated carbocycles. The third kappa shape index (κ3) is 5.32. The van der Waals surface area contributed by atoms with E-state index in [1.165, 1.54) is 5.56 Å². The third-order valence-corrected chi connectivity index (χ3v) is 5.91. The Hall–Kier alpha value is -1.39. The normalized spacial score (nSPS) is 25.6. The van der Waals surface area contributed by atoms with Crippen LogP contribution >= 0.6 is 0 Å². The summed E-state index contributed by atoms with van der Waals surface area (Å²) in [4.78, 5) is 17.4. The number of benzene rings is 1. The van der Waals surface area contributed by atoms with E-state index in [0.29, 0.717) is 18.1 Å². The number of hydrogen-bond donors (Lipinski definition) is 0. The second-order valence-corrected chi connectivity index (χ2v) is 9.54. The van der Waals surface area contributed by atoms with Gasteiger partial charge in [0.05, 0.1) is 12.2 Å². The molecule has 2 atom stereocenters. The van der Waals surface area contributed by atoms with Crippen molar-refractivity contribution in [2.75, 3.05) is 32.7 Å². The van der Waals surface area contributed by atoms with E-state index in [4.69, 9.17) is 4.74 Å². The van der Waals surface area contributed by atoms with Gasteiger partial charge in [0.25, 0.3) is 5.91 Å². The van der Waals surface area contributed by atoms with E-state index in [1.807, 2.05) is 17.0 Å². The van der Waals surface area contributed by atoms with E-state index < -0.39 is 0 Å². The monoisotopic (exact) mass is 372 g/mol. The molecule has 27 heavy (non-hydrogen) atoms. The molecule has 2 aliphatic rings. The maximum absolute atomic E-state index is 12.8. The number of morpholine rings is 1. The summed E-state index contributed by atoms with van der Waals surface area (Å²) in [6.45, 7) is 15.9. The number of ether oxygens (including phenoxy) is 1. The molecule has 0 bridgehead atoms. The fraction of sp³-hybridized carbons (Fsp3) is 0.696. The Bertz CT molecular complexity index is 617. The number of amides is 1. The van der Waals surface area contributed by atoms with Gasteiger partial charge >= 0.3 is 0 Å². The molecule has 1 amide bonds. The minimum atomic E-state index is 0.119. The summed E-state index contributed by atoms with van der Waals surface area (Å²) in [6.07, 6.45) is 2.86. The Balaban J connectivity index is 1.50. The zero-order valence-corrected chi connectivity index (χ0v) is 17.7. The Morgan fingerprint density at radius 2 is 1.59 bits per heavy atom. The molecule has 2 fully saturated rings. The lowest BCUT2D eigenvalue weighted by Crippen LogP contribution is -2.48. The van der Waals surface area contributed by atoms with Crippen LogP contribution in [0.1, 0.15) is 63.4 Å². The number of piperidine rings is 1. The second kappa shape index (κ2) is 8.32. The molecule has 1 aromatic carbocycles. The van der Waals surface area contributed by atoms with Crippen molar-refractivity contribution in [3.8, 4) is 0 Å². The number of nitrogens with zero attached hydrogens (tertiary/aromatic N) is 2. The zero-order chi connectivity index (χ0) is 19.6. The first-order valence-electron chi connectivity index (χ1n) is 10.5.